The molecule has 0 aliphatic heterocycles. The quantitative estimate of drug-likeness (QED) is 0.499. The van der Waals surface area contributed by atoms with E-state index in [1.54, 1.807) is 68.2 Å². The average Bonchev–Trinajstić information content (AvgIpc) is 3.34. The van der Waals surface area contributed by atoms with Crippen molar-refractivity contribution in [3.8, 4) is 0 Å². The van der Waals surface area contributed by atoms with Crippen molar-refractivity contribution in [1.82, 2.24) is 14.1 Å². The van der Waals surface area contributed by atoms with Crippen molar-refractivity contribution in [2.75, 3.05) is 23.7 Å². The molecule has 0 saturated heterocycles. The highest BCUT2D eigenvalue weighted by atomic mass is 32.2. The molecular formula is C23H27N5O4S. The molecule has 3 aromatic rings. The van der Waals surface area contributed by atoms with E-state index in [1.807, 2.05) is 0 Å². The Labute approximate surface area is 193 Å². The molecule has 0 unspecified atom stereocenters. The molecule has 1 aromatic heterocycles. The number of hydrogen-bond donors (Lipinski definition) is 2. The lowest BCUT2D eigenvalue weighted by atomic mass is 10.2. The van der Waals surface area contributed by atoms with E-state index in [2.05, 4.69) is 15.7 Å². The van der Waals surface area contributed by atoms with Crippen LogP contribution in [0.3, 0.4) is 0 Å². The molecule has 1 heterocycles. The lowest BCUT2D eigenvalue weighted by molar-refractivity contribution is -0.119. The SMILES string of the molecule is CCN(CC)S(=O)(=O)c1ccc(C(=O)Nc2cccc(NC(=O)[C@@H](C)n3cccn3)c2)cc1. The van der Waals surface area contributed by atoms with Gasteiger partial charge in [-0.25, -0.2) is 8.42 Å². The predicted octanol–water partition coefficient (Wildman–Crippen LogP) is 3.37. The van der Waals surface area contributed by atoms with Gasteiger partial charge in [-0.15, -0.1) is 0 Å². The van der Waals surface area contributed by atoms with Crippen LogP contribution in [0.1, 0.15) is 37.2 Å². The van der Waals surface area contributed by atoms with Crippen molar-refractivity contribution in [3.63, 3.8) is 0 Å². The van der Waals surface area contributed by atoms with Gasteiger partial charge in [-0.3, -0.25) is 14.3 Å². The van der Waals surface area contributed by atoms with Gasteiger partial charge in [-0.2, -0.15) is 9.40 Å². The van der Waals surface area contributed by atoms with Crippen molar-refractivity contribution >= 4 is 33.2 Å². The zero-order valence-corrected chi connectivity index (χ0v) is 19.5. The van der Waals surface area contributed by atoms with Crippen LogP contribution in [0.5, 0.6) is 0 Å². The molecule has 9 nitrogen and oxygen atoms in total. The Bertz CT molecular complexity index is 1200. The van der Waals surface area contributed by atoms with Crippen molar-refractivity contribution < 1.29 is 18.0 Å². The van der Waals surface area contributed by atoms with Crippen LogP contribution in [0.4, 0.5) is 11.4 Å². The van der Waals surface area contributed by atoms with Crippen molar-refractivity contribution in [1.29, 1.82) is 0 Å². The molecule has 3 rings (SSSR count). The standard InChI is InChI=1S/C23H27N5O4S/c1-4-27(5-2)33(31,32)21-12-10-18(11-13-21)23(30)26-20-9-6-8-19(16-20)25-22(29)17(3)28-15-7-14-24-28/h6-17H,4-5H2,1-3H3,(H,25,29)(H,26,30)/t17-/m1/s1. The second kappa shape index (κ2) is 10.4. The summed E-state index contributed by atoms with van der Waals surface area (Å²) in [6.45, 7) is 6.02. The normalized spacial score (nSPS) is 12.4. The van der Waals surface area contributed by atoms with Crippen LogP contribution in [0, 0.1) is 0 Å². The van der Waals surface area contributed by atoms with Gasteiger partial charge in [-0.1, -0.05) is 19.9 Å². The molecule has 10 heteroatoms. The molecule has 33 heavy (non-hydrogen) atoms. The van der Waals surface area contributed by atoms with Crippen LogP contribution < -0.4 is 10.6 Å². The molecule has 1 atom stereocenters. The minimum atomic E-state index is -3.59. The van der Waals surface area contributed by atoms with Crippen molar-refractivity contribution in [2.24, 2.45) is 0 Å². The van der Waals surface area contributed by atoms with Gasteiger partial charge in [0.2, 0.25) is 15.9 Å². The summed E-state index contributed by atoms with van der Waals surface area (Å²) >= 11 is 0. The van der Waals surface area contributed by atoms with Gasteiger partial charge in [0.1, 0.15) is 6.04 Å². The molecule has 2 N–H and O–H groups in total. The summed E-state index contributed by atoms with van der Waals surface area (Å²) in [6, 6.07) is 13.8. The number of carbonyl (C=O) groups excluding carboxylic acids is 2. The molecule has 0 saturated carbocycles. The monoisotopic (exact) mass is 469 g/mol. The molecule has 2 aromatic carbocycles. The van der Waals surface area contributed by atoms with Crippen LogP contribution in [-0.2, 0) is 14.8 Å². The van der Waals surface area contributed by atoms with E-state index in [-0.39, 0.29) is 10.8 Å². The molecule has 0 fully saturated rings. The Morgan fingerprint density at radius 2 is 1.64 bits per heavy atom. The largest absolute Gasteiger partial charge is 0.324 e. The van der Waals surface area contributed by atoms with Crippen molar-refractivity contribution in [2.45, 2.75) is 31.7 Å². The Morgan fingerprint density at radius 3 is 2.21 bits per heavy atom. The lowest BCUT2D eigenvalue weighted by Gasteiger charge is -2.18. The highest BCUT2D eigenvalue weighted by Gasteiger charge is 2.22. The number of carbonyl (C=O) groups is 2. The first-order chi connectivity index (χ1) is 15.8. The third kappa shape index (κ3) is 5.65. The first-order valence-corrected chi connectivity index (χ1v) is 12.0. The molecule has 2 amide bonds. The lowest BCUT2D eigenvalue weighted by Crippen LogP contribution is -2.30. The fourth-order valence-electron chi connectivity index (χ4n) is 3.25. The molecule has 0 spiro atoms. The van der Waals surface area contributed by atoms with E-state index in [4.69, 9.17) is 0 Å². The minimum Gasteiger partial charge on any atom is -0.324 e. The Morgan fingerprint density at radius 1 is 1.00 bits per heavy atom. The summed E-state index contributed by atoms with van der Waals surface area (Å²) in [6.07, 6.45) is 3.31. The maximum Gasteiger partial charge on any atom is 0.255 e. The topological polar surface area (TPSA) is 113 Å². The third-order valence-electron chi connectivity index (χ3n) is 5.15. The van der Waals surface area contributed by atoms with E-state index in [1.165, 1.54) is 28.6 Å². The third-order valence-corrected chi connectivity index (χ3v) is 7.21. The Kier molecular flexibility index (Phi) is 7.62. The second-order valence-electron chi connectivity index (χ2n) is 7.30. The fourth-order valence-corrected chi connectivity index (χ4v) is 4.70. The first-order valence-electron chi connectivity index (χ1n) is 10.6. The summed E-state index contributed by atoms with van der Waals surface area (Å²) in [4.78, 5) is 25.2. The maximum atomic E-state index is 12.6. The van der Waals surface area contributed by atoms with Gasteiger partial charge in [0.05, 0.1) is 4.90 Å². The maximum absolute atomic E-state index is 12.6. The number of nitrogens with one attached hydrogen (secondary N) is 2. The first kappa shape index (κ1) is 24.1. The molecular weight excluding hydrogens is 442 g/mol. The predicted molar refractivity (Wildman–Crippen MR) is 127 cm³/mol. The van der Waals surface area contributed by atoms with Crippen LogP contribution in [0.25, 0.3) is 0 Å². The number of aromatic nitrogens is 2. The summed E-state index contributed by atoms with van der Waals surface area (Å²) in [5, 5.41) is 9.64. The zero-order valence-electron chi connectivity index (χ0n) is 18.7. The zero-order chi connectivity index (χ0) is 24.0. The van der Waals surface area contributed by atoms with E-state index in [9.17, 15) is 18.0 Å². The van der Waals surface area contributed by atoms with Crippen molar-refractivity contribution in [3.05, 3.63) is 72.6 Å². The highest BCUT2D eigenvalue weighted by Crippen LogP contribution is 2.19. The smallest absolute Gasteiger partial charge is 0.255 e. The van der Waals surface area contributed by atoms with Gasteiger partial charge in [-0.05, 0) is 55.5 Å². The number of sulfonamides is 1. The molecule has 0 radical (unpaired) electrons. The second-order valence-corrected chi connectivity index (χ2v) is 9.24. The summed E-state index contributed by atoms with van der Waals surface area (Å²) in [5.74, 6) is -0.637. The van der Waals surface area contributed by atoms with E-state index in [0.29, 0.717) is 30.0 Å². The van der Waals surface area contributed by atoms with E-state index in [0.717, 1.165) is 0 Å². The van der Waals surface area contributed by atoms with Crippen LogP contribution in [0.15, 0.2) is 71.9 Å². The average molecular weight is 470 g/mol. The minimum absolute atomic E-state index is 0.138. The van der Waals surface area contributed by atoms with Gasteiger partial charge in [0.25, 0.3) is 5.91 Å². The summed E-state index contributed by atoms with van der Waals surface area (Å²) in [5.41, 5.74) is 1.33. The Hall–Kier alpha value is -3.50. The summed E-state index contributed by atoms with van der Waals surface area (Å²) < 4.78 is 28.1. The van der Waals surface area contributed by atoms with Gasteiger partial charge >= 0.3 is 0 Å². The number of anilines is 2. The number of nitrogens with zero attached hydrogens (tertiary/aromatic N) is 3. The number of hydrogen-bond acceptors (Lipinski definition) is 5. The van der Waals surface area contributed by atoms with Crippen LogP contribution in [0.2, 0.25) is 0 Å². The van der Waals surface area contributed by atoms with E-state index >= 15 is 0 Å². The number of amides is 2. The molecule has 0 aliphatic rings. The number of rotatable bonds is 9. The fraction of sp³-hybridized carbons (Fsp3) is 0.261. The van der Waals surface area contributed by atoms with Crippen LogP contribution >= 0.6 is 0 Å². The summed E-state index contributed by atoms with van der Waals surface area (Å²) in [7, 11) is -3.59. The van der Waals surface area contributed by atoms with Crippen LogP contribution in [-0.4, -0.2) is 47.4 Å². The highest BCUT2D eigenvalue weighted by molar-refractivity contribution is 7.89. The molecule has 174 valence electrons. The molecule has 0 aliphatic carbocycles. The Balaban J connectivity index is 1.68. The molecule has 0 bridgehead atoms. The van der Waals surface area contributed by atoms with Gasteiger partial charge < -0.3 is 10.6 Å². The van der Waals surface area contributed by atoms with Gasteiger partial charge in [0, 0.05) is 42.4 Å². The van der Waals surface area contributed by atoms with Gasteiger partial charge in [0.15, 0.2) is 0 Å². The van der Waals surface area contributed by atoms with E-state index < -0.39 is 22.0 Å². The number of benzene rings is 2.